The number of fused-ring (bicyclic) bond motifs is 3. The highest BCUT2D eigenvalue weighted by Crippen LogP contribution is 2.36. The zero-order chi connectivity index (χ0) is 58.0. The summed E-state index contributed by atoms with van der Waals surface area (Å²) in [5, 5.41) is 11.1. The summed E-state index contributed by atoms with van der Waals surface area (Å²) in [6.45, 7) is 1.10. The average molecular weight is 1140 g/mol. The van der Waals surface area contributed by atoms with Crippen LogP contribution in [0, 0.1) is 0 Å². The van der Waals surface area contributed by atoms with Crippen LogP contribution >= 0.6 is 12.4 Å². The lowest BCUT2D eigenvalue weighted by atomic mass is 9.84. The molecule has 430 valence electrons. The largest absolute Gasteiger partial charge is 0.352 e. The van der Waals surface area contributed by atoms with Gasteiger partial charge in [-0.2, -0.15) is 0 Å². The van der Waals surface area contributed by atoms with E-state index in [2.05, 4.69) is 30.9 Å². The van der Waals surface area contributed by atoms with E-state index in [1.165, 1.54) is 0 Å². The number of amides is 3. The molecule has 0 spiro atoms. The first-order chi connectivity index (χ1) is 39.6. The van der Waals surface area contributed by atoms with E-state index in [4.69, 9.17) is 34.4 Å². The molecule has 3 amide bonds. The Bertz CT molecular complexity index is 3280. The number of aromatic amines is 3. The SMILES string of the molecule is Cl.NCCCC[C@@](N)(C(=O)Nc1ccc(C(c2ccc(NC(=O)[C@](N)(CCCCN)C(=O)c3cc4ccccc4[nH]3)cc2)c2ccc(NC(=O)[C@](N)(CCCCN)C(=O)c3cc4ccccc4[nH]3)cc2)cc1)C(=O)c1cc2ccccc2[nH]1. The van der Waals surface area contributed by atoms with Crippen molar-refractivity contribution >= 4 is 97.2 Å². The maximum Gasteiger partial charge on any atom is 0.252 e. The van der Waals surface area contributed by atoms with Crippen LogP contribution in [0.3, 0.4) is 0 Å². The second-order valence-corrected chi connectivity index (χ2v) is 21.1. The van der Waals surface area contributed by atoms with Gasteiger partial charge in [0.15, 0.2) is 16.6 Å². The van der Waals surface area contributed by atoms with Gasteiger partial charge in [0.05, 0.1) is 17.1 Å². The Labute approximate surface area is 486 Å². The summed E-state index contributed by atoms with van der Waals surface area (Å²) in [6.07, 6.45) is 3.16. The van der Waals surface area contributed by atoms with Crippen molar-refractivity contribution in [3.05, 3.63) is 198 Å². The smallest absolute Gasteiger partial charge is 0.252 e. The monoisotopic (exact) mass is 1140 g/mol. The first-order valence-corrected chi connectivity index (χ1v) is 27.7. The molecule has 0 aliphatic rings. The van der Waals surface area contributed by atoms with Gasteiger partial charge in [0.25, 0.3) is 17.7 Å². The number of carbonyl (C=O) groups is 6. The summed E-state index contributed by atoms with van der Waals surface area (Å²) in [5.74, 6) is -4.19. The molecule has 0 aliphatic heterocycles. The number of nitrogens with two attached hydrogens (primary N) is 6. The quantitative estimate of drug-likeness (QED) is 0.00996. The van der Waals surface area contributed by atoms with Gasteiger partial charge in [0, 0.05) is 55.7 Å². The van der Waals surface area contributed by atoms with E-state index in [-0.39, 0.29) is 48.8 Å². The summed E-state index contributed by atoms with van der Waals surface area (Å²) in [5.41, 5.74) is 38.5. The highest BCUT2D eigenvalue weighted by atomic mass is 35.5. The Hall–Kier alpha value is -8.59. The molecule has 18 N–H and O–H groups in total. The highest BCUT2D eigenvalue weighted by Gasteiger charge is 2.45. The lowest BCUT2D eigenvalue weighted by Crippen LogP contribution is -2.57. The number of carbonyl (C=O) groups excluding carboxylic acids is 6. The molecule has 0 bridgehead atoms. The molecule has 19 heteroatoms. The van der Waals surface area contributed by atoms with E-state index in [9.17, 15) is 28.8 Å². The number of hydrogen-bond donors (Lipinski definition) is 12. The predicted octanol–water partition coefficient (Wildman–Crippen LogP) is 8.68. The fourth-order valence-corrected chi connectivity index (χ4v) is 10.5. The lowest BCUT2D eigenvalue weighted by molar-refractivity contribution is -0.120. The van der Waals surface area contributed by atoms with Crippen molar-refractivity contribution in [1.82, 2.24) is 15.0 Å². The fourth-order valence-electron chi connectivity index (χ4n) is 10.5. The number of Topliss-reactive ketones (excluding diaryl/α,β-unsaturated/α-hetero) is 3. The lowest BCUT2D eigenvalue weighted by Gasteiger charge is -2.27. The molecule has 3 atom stereocenters. The Balaban J connectivity index is 0.00000900. The van der Waals surface area contributed by atoms with Crippen molar-refractivity contribution < 1.29 is 28.8 Å². The van der Waals surface area contributed by atoms with Gasteiger partial charge in [0.2, 0.25) is 17.3 Å². The normalized spacial score (nSPS) is 13.6. The second-order valence-electron chi connectivity index (χ2n) is 21.1. The standard InChI is InChI=1S/C64H70N12O6.ClH/c65-34-10-7-31-62(68,56(77)52-37-43-13-1-4-16-49(43)74-52)59(80)71-46-25-19-40(20-26-46)55(41-21-27-47(28-22-41)72-60(81)63(69,32-8-11-35-66)57(78)53-38-44-14-2-5-17-50(44)75-53)42-23-29-48(30-24-42)73-61(82)64(70,33-9-12-36-67)58(79)54-39-45-15-3-6-18-51(45)76-54;/h1-6,13-30,37-39,55,74-76H,7-12,31-36,65-70H2,(H,71,80)(H,72,81)(H,73,82);1H/t62-,63-,64-;/m0./s1. The number of aromatic nitrogens is 3. The van der Waals surface area contributed by atoms with E-state index in [1.807, 2.05) is 109 Å². The molecule has 0 radical (unpaired) electrons. The third-order valence-corrected chi connectivity index (χ3v) is 15.3. The number of anilines is 3. The molecule has 9 aromatic rings. The molecule has 0 aliphatic carbocycles. The number of benzene rings is 6. The van der Waals surface area contributed by atoms with E-state index >= 15 is 0 Å². The molecular weight excluding hydrogens is 1070 g/mol. The van der Waals surface area contributed by atoms with E-state index in [1.54, 1.807) is 54.6 Å². The van der Waals surface area contributed by atoms with E-state index in [0.717, 1.165) is 49.4 Å². The Morgan fingerprint density at radius 1 is 0.373 bits per heavy atom. The van der Waals surface area contributed by atoms with Gasteiger partial charge in [-0.25, -0.2) is 0 Å². The predicted molar refractivity (Wildman–Crippen MR) is 331 cm³/mol. The van der Waals surface area contributed by atoms with Crippen molar-refractivity contribution in [2.45, 2.75) is 80.3 Å². The molecule has 0 saturated heterocycles. The van der Waals surface area contributed by atoms with Crippen molar-refractivity contribution in [2.24, 2.45) is 34.4 Å². The van der Waals surface area contributed by atoms with E-state index in [0.29, 0.717) is 75.2 Å². The third-order valence-electron chi connectivity index (χ3n) is 15.3. The number of rotatable bonds is 27. The first-order valence-electron chi connectivity index (χ1n) is 27.7. The maximum absolute atomic E-state index is 14.3. The number of nitrogens with one attached hydrogen (secondary N) is 6. The Kier molecular flexibility index (Phi) is 19.4. The first kappa shape index (κ1) is 60.5. The number of H-pyrrole nitrogens is 3. The van der Waals surface area contributed by atoms with Crippen LogP contribution in [0.5, 0.6) is 0 Å². The van der Waals surface area contributed by atoms with Gasteiger partial charge in [-0.3, -0.25) is 28.8 Å². The van der Waals surface area contributed by atoms with Crippen LogP contribution in [-0.4, -0.2) is 86.3 Å². The molecule has 0 saturated carbocycles. The zero-order valence-corrected chi connectivity index (χ0v) is 46.8. The van der Waals surface area contributed by atoms with Gasteiger partial charge in [-0.05, 0) is 167 Å². The molecule has 3 aromatic heterocycles. The summed E-state index contributed by atoms with van der Waals surface area (Å²) >= 11 is 0. The van der Waals surface area contributed by atoms with Crippen LogP contribution < -0.4 is 50.4 Å². The highest BCUT2D eigenvalue weighted by molar-refractivity contribution is 6.23. The number of para-hydroxylation sites is 3. The van der Waals surface area contributed by atoms with Crippen LogP contribution in [0.4, 0.5) is 17.1 Å². The van der Waals surface area contributed by atoms with Crippen LogP contribution in [-0.2, 0) is 14.4 Å². The van der Waals surface area contributed by atoms with Crippen LogP contribution in [0.1, 0.15) is 112 Å². The minimum atomic E-state index is -1.93. The van der Waals surface area contributed by atoms with Crippen molar-refractivity contribution in [3.63, 3.8) is 0 Å². The van der Waals surface area contributed by atoms with Crippen molar-refractivity contribution in [3.8, 4) is 0 Å². The Morgan fingerprint density at radius 3 is 0.867 bits per heavy atom. The third kappa shape index (κ3) is 13.2. The molecular formula is C64H71ClN12O6. The number of hydrogen-bond acceptors (Lipinski definition) is 12. The molecule has 0 fully saturated rings. The fraction of sp³-hybridized carbons (Fsp3) is 0.250. The van der Waals surface area contributed by atoms with Crippen LogP contribution in [0.15, 0.2) is 164 Å². The van der Waals surface area contributed by atoms with Gasteiger partial charge in [-0.1, -0.05) is 91.0 Å². The van der Waals surface area contributed by atoms with Crippen molar-refractivity contribution in [2.75, 3.05) is 35.6 Å². The molecule has 6 aromatic carbocycles. The van der Waals surface area contributed by atoms with Gasteiger partial charge in [-0.15, -0.1) is 12.4 Å². The summed E-state index contributed by atoms with van der Waals surface area (Å²) in [6, 6.07) is 48.7. The summed E-state index contributed by atoms with van der Waals surface area (Å²) in [7, 11) is 0. The van der Waals surface area contributed by atoms with Gasteiger partial charge >= 0.3 is 0 Å². The van der Waals surface area contributed by atoms with Gasteiger partial charge in [0.1, 0.15) is 0 Å². The number of ketones is 3. The second kappa shape index (κ2) is 26.5. The Morgan fingerprint density at radius 2 is 0.627 bits per heavy atom. The summed E-state index contributed by atoms with van der Waals surface area (Å²) in [4.78, 5) is 94.7. The molecule has 9 rings (SSSR count). The van der Waals surface area contributed by atoms with Crippen LogP contribution in [0.2, 0.25) is 0 Å². The van der Waals surface area contributed by atoms with E-state index < -0.39 is 57.6 Å². The molecule has 3 heterocycles. The molecule has 18 nitrogen and oxygen atoms in total. The van der Waals surface area contributed by atoms with Crippen LogP contribution in [0.25, 0.3) is 32.7 Å². The average Bonchev–Trinajstić information content (AvgIpc) is 4.49. The maximum atomic E-state index is 14.3. The van der Waals surface area contributed by atoms with Gasteiger partial charge < -0.3 is 65.3 Å². The minimum absolute atomic E-state index is 0. The molecule has 83 heavy (non-hydrogen) atoms. The molecule has 0 unspecified atom stereocenters. The topological polar surface area (TPSA) is 342 Å². The summed E-state index contributed by atoms with van der Waals surface area (Å²) < 4.78 is 0. The number of halogens is 1. The zero-order valence-electron chi connectivity index (χ0n) is 46.0. The van der Waals surface area contributed by atoms with Crippen molar-refractivity contribution in [1.29, 1.82) is 0 Å². The minimum Gasteiger partial charge on any atom is -0.352 e. The number of unbranched alkanes of at least 4 members (excludes halogenated alkanes) is 3.